The van der Waals surface area contributed by atoms with Gasteiger partial charge in [-0.1, -0.05) is 36.4 Å². The maximum Gasteiger partial charge on any atom is 0.243 e. The first-order valence-electron chi connectivity index (χ1n) is 5.80. The molecule has 0 unspecified atom stereocenters. The van der Waals surface area contributed by atoms with E-state index in [-0.39, 0.29) is 17.2 Å². The zero-order valence-electron chi connectivity index (χ0n) is 10.5. The van der Waals surface area contributed by atoms with Crippen LogP contribution < -0.4 is 0 Å². The number of aromatic hydroxyl groups is 1. The Bertz CT molecular complexity index is 653. The molecule has 100 valence electrons. The number of hydrogen-bond acceptors (Lipinski definition) is 3. The molecule has 1 N–H and O–H groups in total. The van der Waals surface area contributed by atoms with Gasteiger partial charge in [0, 0.05) is 19.2 Å². The Labute approximate surface area is 113 Å². The van der Waals surface area contributed by atoms with Crippen LogP contribution in [0.1, 0.15) is 5.56 Å². The molecule has 0 saturated heterocycles. The standard InChI is InChI=1S/C14H15NO3S/c1-15(11-12-7-5-6-10-14(12)16)19(17,18)13-8-3-2-4-9-13/h2-10,16H,11H2,1H3. The second kappa shape index (κ2) is 5.42. The number of sulfonamides is 1. The van der Waals surface area contributed by atoms with E-state index in [0.717, 1.165) is 0 Å². The van der Waals surface area contributed by atoms with E-state index in [2.05, 4.69) is 0 Å². The van der Waals surface area contributed by atoms with Crippen molar-refractivity contribution in [2.24, 2.45) is 0 Å². The van der Waals surface area contributed by atoms with E-state index in [1.165, 1.54) is 17.4 Å². The van der Waals surface area contributed by atoms with Crippen LogP contribution >= 0.6 is 0 Å². The lowest BCUT2D eigenvalue weighted by atomic mass is 10.2. The van der Waals surface area contributed by atoms with Crippen molar-refractivity contribution in [2.45, 2.75) is 11.4 Å². The van der Waals surface area contributed by atoms with Gasteiger partial charge in [-0.2, -0.15) is 4.31 Å². The van der Waals surface area contributed by atoms with Crippen LogP contribution in [0.25, 0.3) is 0 Å². The molecule has 2 aromatic carbocycles. The minimum Gasteiger partial charge on any atom is -0.508 e. The molecule has 0 aliphatic rings. The van der Waals surface area contributed by atoms with Crippen LogP contribution in [0.5, 0.6) is 5.75 Å². The fourth-order valence-electron chi connectivity index (χ4n) is 1.74. The predicted molar refractivity (Wildman–Crippen MR) is 73.2 cm³/mol. The molecule has 0 aromatic heterocycles. The van der Waals surface area contributed by atoms with E-state index >= 15 is 0 Å². The molecule has 4 nitrogen and oxygen atoms in total. The summed E-state index contributed by atoms with van der Waals surface area (Å²) in [4.78, 5) is 0.243. The number of para-hydroxylation sites is 1. The highest BCUT2D eigenvalue weighted by Gasteiger charge is 2.21. The van der Waals surface area contributed by atoms with Gasteiger partial charge in [-0.3, -0.25) is 0 Å². The van der Waals surface area contributed by atoms with Gasteiger partial charge in [0.2, 0.25) is 10.0 Å². The summed E-state index contributed by atoms with van der Waals surface area (Å²) in [6.45, 7) is 0.129. The molecule has 0 amide bonds. The molecule has 19 heavy (non-hydrogen) atoms. The molecule has 0 fully saturated rings. The highest BCUT2D eigenvalue weighted by atomic mass is 32.2. The normalized spacial score (nSPS) is 11.7. The lowest BCUT2D eigenvalue weighted by Crippen LogP contribution is -2.26. The predicted octanol–water partition coefficient (Wildman–Crippen LogP) is 2.21. The molecule has 0 radical (unpaired) electrons. The lowest BCUT2D eigenvalue weighted by molar-refractivity contribution is 0.436. The van der Waals surface area contributed by atoms with Crippen LogP contribution in [0, 0.1) is 0 Å². The molecule has 0 heterocycles. The average Bonchev–Trinajstić information content (AvgIpc) is 2.42. The largest absolute Gasteiger partial charge is 0.508 e. The number of phenolic OH excluding ortho intramolecular Hbond substituents is 1. The highest BCUT2D eigenvalue weighted by Crippen LogP contribution is 2.21. The minimum absolute atomic E-state index is 0.0950. The summed E-state index contributed by atoms with van der Waals surface area (Å²) in [6.07, 6.45) is 0. The Kier molecular flexibility index (Phi) is 3.87. The van der Waals surface area contributed by atoms with Gasteiger partial charge in [-0.05, 0) is 18.2 Å². The number of benzene rings is 2. The van der Waals surface area contributed by atoms with Crippen LogP contribution in [0.4, 0.5) is 0 Å². The van der Waals surface area contributed by atoms with Gasteiger partial charge in [0.05, 0.1) is 4.90 Å². The monoisotopic (exact) mass is 277 g/mol. The second-order valence-corrected chi connectivity index (χ2v) is 6.25. The summed E-state index contributed by atoms with van der Waals surface area (Å²) < 4.78 is 25.8. The van der Waals surface area contributed by atoms with Crippen LogP contribution in [0.3, 0.4) is 0 Å². The molecule has 0 atom stereocenters. The molecular formula is C14H15NO3S. The second-order valence-electron chi connectivity index (χ2n) is 4.20. The van der Waals surface area contributed by atoms with E-state index < -0.39 is 10.0 Å². The minimum atomic E-state index is -3.53. The molecule has 0 saturated carbocycles. The zero-order valence-corrected chi connectivity index (χ0v) is 11.3. The third-order valence-corrected chi connectivity index (χ3v) is 4.65. The lowest BCUT2D eigenvalue weighted by Gasteiger charge is -2.17. The molecule has 2 rings (SSSR count). The molecule has 2 aromatic rings. The van der Waals surface area contributed by atoms with Gasteiger partial charge in [0.1, 0.15) is 5.75 Å². The third-order valence-electron chi connectivity index (χ3n) is 2.84. The fourth-order valence-corrected chi connectivity index (χ4v) is 2.91. The summed E-state index contributed by atoms with van der Waals surface area (Å²) in [7, 11) is -2.04. The highest BCUT2D eigenvalue weighted by molar-refractivity contribution is 7.89. The summed E-state index contributed by atoms with van der Waals surface area (Å²) in [6, 6.07) is 14.9. The molecule has 5 heteroatoms. The first kappa shape index (κ1) is 13.6. The zero-order chi connectivity index (χ0) is 13.9. The molecule has 0 bridgehead atoms. The van der Waals surface area contributed by atoms with Crippen molar-refractivity contribution < 1.29 is 13.5 Å². The van der Waals surface area contributed by atoms with E-state index in [1.54, 1.807) is 48.5 Å². The van der Waals surface area contributed by atoms with Crippen LogP contribution in [0.2, 0.25) is 0 Å². The SMILES string of the molecule is CN(Cc1ccccc1O)S(=O)(=O)c1ccccc1. The van der Waals surface area contributed by atoms with Gasteiger partial charge >= 0.3 is 0 Å². The Morgan fingerprint density at radius 3 is 2.21 bits per heavy atom. The molecular weight excluding hydrogens is 262 g/mol. The van der Waals surface area contributed by atoms with Gasteiger partial charge < -0.3 is 5.11 Å². The maximum absolute atomic E-state index is 12.3. The van der Waals surface area contributed by atoms with E-state index in [0.29, 0.717) is 5.56 Å². The summed E-state index contributed by atoms with van der Waals surface area (Å²) in [5, 5.41) is 9.67. The summed E-state index contributed by atoms with van der Waals surface area (Å²) in [5.41, 5.74) is 0.574. The Hall–Kier alpha value is -1.85. The number of rotatable bonds is 4. The smallest absolute Gasteiger partial charge is 0.243 e. The molecule has 0 aliphatic heterocycles. The van der Waals surface area contributed by atoms with Crippen molar-refractivity contribution in [1.82, 2.24) is 4.31 Å². The fraction of sp³-hybridized carbons (Fsp3) is 0.143. The van der Waals surface area contributed by atoms with Crippen LogP contribution in [0.15, 0.2) is 59.5 Å². The van der Waals surface area contributed by atoms with Crippen molar-refractivity contribution in [3.05, 3.63) is 60.2 Å². The molecule has 0 spiro atoms. The Morgan fingerprint density at radius 2 is 1.58 bits per heavy atom. The van der Waals surface area contributed by atoms with Crippen LogP contribution in [-0.4, -0.2) is 24.9 Å². The van der Waals surface area contributed by atoms with Crippen molar-refractivity contribution in [2.75, 3.05) is 7.05 Å². The Balaban J connectivity index is 2.26. The first-order chi connectivity index (χ1) is 9.01. The van der Waals surface area contributed by atoms with Gasteiger partial charge in [-0.15, -0.1) is 0 Å². The summed E-state index contributed by atoms with van der Waals surface area (Å²) >= 11 is 0. The quantitative estimate of drug-likeness (QED) is 0.932. The molecule has 0 aliphatic carbocycles. The van der Waals surface area contributed by atoms with Gasteiger partial charge in [0.15, 0.2) is 0 Å². The number of phenols is 1. The average molecular weight is 277 g/mol. The van der Waals surface area contributed by atoms with Gasteiger partial charge in [0.25, 0.3) is 0 Å². The van der Waals surface area contributed by atoms with Crippen LogP contribution in [-0.2, 0) is 16.6 Å². The third kappa shape index (κ3) is 2.94. The van der Waals surface area contributed by atoms with Crippen molar-refractivity contribution >= 4 is 10.0 Å². The first-order valence-corrected chi connectivity index (χ1v) is 7.24. The van der Waals surface area contributed by atoms with E-state index in [9.17, 15) is 13.5 Å². The van der Waals surface area contributed by atoms with Crippen molar-refractivity contribution in [1.29, 1.82) is 0 Å². The maximum atomic E-state index is 12.3. The number of nitrogens with zero attached hydrogens (tertiary/aromatic N) is 1. The van der Waals surface area contributed by atoms with Crippen molar-refractivity contribution in [3.63, 3.8) is 0 Å². The Morgan fingerprint density at radius 1 is 1.00 bits per heavy atom. The van der Waals surface area contributed by atoms with E-state index in [1.807, 2.05) is 0 Å². The number of hydrogen-bond donors (Lipinski definition) is 1. The topological polar surface area (TPSA) is 57.6 Å². The summed E-state index contributed by atoms with van der Waals surface area (Å²) in [5.74, 6) is 0.0950. The van der Waals surface area contributed by atoms with E-state index in [4.69, 9.17) is 0 Å². The van der Waals surface area contributed by atoms with Gasteiger partial charge in [-0.25, -0.2) is 8.42 Å². The van der Waals surface area contributed by atoms with Crippen molar-refractivity contribution in [3.8, 4) is 5.75 Å².